The fourth-order valence-corrected chi connectivity index (χ4v) is 2.53. The molecule has 0 radical (unpaired) electrons. The summed E-state index contributed by atoms with van der Waals surface area (Å²) in [5.74, 6) is -2.98. The van der Waals surface area contributed by atoms with Gasteiger partial charge >= 0.3 is 11.9 Å². The number of carboxylic acid groups (broad SMARTS) is 2. The largest absolute Gasteiger partial charge is 0.478 e. The maximum Gasteiger partial charge on any atom is 0.339 e. The molecule has 3 aromatic rings. The lowest BCUT2D eigenvalue weighted by Crippen LogP contribution is -2.08. The molecule has 8 heteroatoms. The number of aromatic nitrogens is 2. The summed E-state index contributed by atoms with van der Waals surface area (Å²) in [6, 6.07) is 15.6. The number of nitrogens with zero attached hydrogens (tertiary/aromatic N) is 2. The number of para-hydroxylation sites is 1. The number of anilines is 1. The molecule has 28 heavy (non-hydrogen) atoms. The second kappa shape index (κ2) is 8.00. The van der Waals surface area contributed by atoms with Gasteiger partial charge in [0.2, 0.25) is 5.91 Å². The number of carbonyl (C=O) groups is 3. The van der Waals surface area contributed by atoms with Crippen molar-refractivity contribution in [1.82, 2.24) is 9.78 Å². The van der Waals surface area contributed by atoms with Crippen LogP contribution in [0.1, 0.15) is 10.4 Å². The van der Waals surface area contributed by atoms with Crippen LogP contribution in [0.25, 0.3) is 16.9 Å². The normalized spacial score (nSPS) is 10.7. The molecule has 0 bridgehead atoms. The molecule has 140 valence electrons. The zero-order valence-electron chi connectivity index (χ0n) is 14.4. The van der Waals surface area contributed by atoms with Crippen molar-refractivity contribution in [2.24, 2.45) is 0 Å². The quantitative estimate of drug-likeness (QED) is 0.568. The van der Waals surface area contributed by atoms with Gasteiger partial charge in [-0.05, 0) is 24.3 Å². The van der Waals surface area contributed by atoms with Crippen LogP contribution in [0, 0.1) is 0 Å². The maximum absolute atomic E-state index is 11.8. The molecule has 0 saturated carbocycles. The first-order chi connectivity index (χ1) is 13.4. The van der Waals surface area contributed by atoms with Gasteiger partial charge in [-0.25, -0.2) is 14.3 Å². The SMILES string of the molecule is O=C(O)/C=C/C(=O)Nc1cccc(-c2nn(-c3ccccc3)cc2C(=O)O)c1. The molecule has 0 aliphatic rings. The Kier molecular flexibility index (Phi) is 5.31. The van der Waals surface area contributed by atoms with Gasteiger partial charge in [0.25, 0.3) is 0 Å². The molecule has 0 atom stereocenters. The Bertz CT molecular complexity index is 1070. The second-order valence-electron chi connectivity index (χ2n) is 5.72. The molecule has 0 spiro atoms. The average Bonchev–Trinajstić information content (AvgIpc) is 3.13. The van der Waals surface area contributed by atoms with Crippen LogP contribution in [-0.4, -0.2) is 37.8 Å². The number of nitrogens with one attached hydrogen (secondary N) is 1. The first kappa shape index (κ1) is 18.6. The zero-order chi connectivity index (χ0) is 20.1. The molecule has 0 aliphatic carbocycles. The summed E-state index contributed by atoms with van der Waals surface area (Å²) >= 11 is 0. The van der Waals surface area contributed by atoms with Gasteiger partial charge in [0.1, 0.15) is 11.3 Å². The molecule has 0 aliphatic heterocycles. The van der Waals surface area contributed by atoms with E-state index in [4.69, 9.17) is 5.11 Å². The fourth-order valence-electron chi connectivity index (χ4n) is 2.53. The van der Waals surface area contributed by atoms with Crippen LogP contribution in [0.3, 0.4) is 0 Å². The molecule has 2 aromatic carbocycles. The first-order valence-electron chi connectivity index (χ1n) is 8.15. The minimum atomic E-state index is -1.23. The van der Waals surface area contributed by atoms with Gasteiger partial charge in [0.15, 0.2) is 0 Å². The summed E-state index contributed by atoms with van der Waals surface area (Å²) in [6.07, 6.45) is 3.04. The van der Waals surface area contributed by atoms with E-state index < -0.39 is 17.8 Å². The lowest BCUT2D eigenvalue weighted by molar-refractivity contribution is -0.131. The van der Waals surface area contributed by atoms with Crippen molar-refractivity contribution in [3.05, 3.63) is 78.5 Å². The molecule has 0 unspecified atom stereocenters. The van der Waals surface area contributed by atoms with E-state index >= 15 is 0 Å². The number of amides is 1. The maximum atomic E-state index is 11.8. The molecule has 1 amide bonds. The predicted molar refractivity (Wildman–Crippen MR) is 101 cm³/mol. The Morgan fingerprint density at radius 2 is 1.71 bits per heavy atom. The van der Waals surface area contributed by atoms with Crippen molar-refractivity contribution in [3.63, 3.8) is 0 Å². The van der Waals surface area contributed by atoms with Crippen LogP contribution in [0.4, 0.5) is 5.69 Å². The van der Waals surface area contributed by atoms with Crippen LogP contribution in [0.5, 0.6) is 0 Å². The summed E-state index contributed by atoms with van der Waals surface area (Å²) < 4.78 is 1.47. The number of benzene rings is 2. The third kappa shape index (κ3) is 4.31. The molecular weight excluding hydrogens is 362 g/mol. The van der Waals surface area contributed by atoms with Crippen LogP contribution < -0.4 is 5.32 Å². The summed E-state index contributed by atoms with van der Waals surface area (Å²) in [5.41, 5.74) is 1.83. The monoisotopic (exact) mass is 377 g/mol. The van der Waals surface area contributed by atoms with Crippen LogP contribution in [0.2, 0.25) is 0 Å². The van der Waals surface area contributed by atoms with Gasteiger partial charge in [0.05, 0.1) is 5.69 Å². The van der Waals surface area contributed by atoms with Crippen LogP contribution in [-0.2, 0) is 9.59 Å². The number of carbonyl (C=O) groups excluding carboxylic acids is 1. The topological polar surface area (TPSA) is 122 Å². The molecule has 3 rings (SSSR count). The van der Waals surface area contributed by atoms with E-state index in [0.29, 0.717) is 16.9 Å². The second-order valence-corrected chi connectivity index (χ2v) is 5.72. The van der Waals surface area contributed by atoms with Gasteiger partial charge in [-0.3, -0.25) is 4.79 Å². The Morgan fingerprint density at radius 3 is 2.39 bits per heavy atom. The average molecular weight is 377 g/mol. The van der Waals surface area contributed by atoms with Crippen molar-refractivity contribution < 1.29 is 24.6 Å². The van der Waals surface area contributed by atoms with E-state index in [-0.39, 0.29) is 11.3 Å². The molecule has 1 aromatic heterocycles. The minimum Gasteiger partial charge on any atom is -0.478 e. The highest BCUT2D eigenvalue weighted by atomic mass is 16.4. The highest BCUT2D eigenvalue weighted by Crippen LogP contribution is 2.26. The Morgan fingerprint density at radius 1 is 0.964 bits per heavy atom. The minimum absolute atomic E-state index is 0.0121. The van der Waals surface area contributed by atoms with Crippen molar-refractivity contribution in [2.75, 3.05) is 5.32 Å². The van der Waals surface area contributed by atoms with Gasteiger partial charge in [-0.2, -0.15) is 5.10 Å². The van der Waals surface area contributed by atoms with Crippen molar-refractivity contribution >= 4 is 23.5 Å². The number of hydrogen-bond acceptors (Lipinski definition) is 4. The van der Waals surface area contributed by atoms with Crippen LogP contribution in [0.15, 0.2) is 72.9 Å². The predicted octanol–water partition coefficient (Wildman–Crippen LogP) is 2.82. The van der Waals surface area contributed by atoms with Gasteiger partial charge in [0, 0.05) is 29.6 Å². The molecule has 0 fully saturated rings. The van der Waals surface area contributed by atoms with E-state index in [1.165, 1.54) is 10.9 Å². The summed E-state index contributed by atoms with van der Waals surface area (Å²) in [7, 11) is 0. The third-order valence-electron chi connectivity index (χ3n) is 3.75. The number of rotatable bonds is 6. The van der Waals surface area contributed by atoms with E-state index in [2.05, 4.69) is 10.4 Å². The van der Waals surface area contributed by atoms with E-state index in [9.17, 15) is 19.5 Å². The van der Waals surface area contributed by atoms with Gasteiger partial charge < -0.3 is 15.5 Å². The highest BCUT2D eigenvalue weighted by Gasteiger charge is 2.18. The van der Waals surface area contributed by atoms with Gasteiger partial charge in [-0.1, -0.05) is 30.3 Å². The van der Waals surface area contributed by atoms with Crippen molar-refractivity contribution in [2.45, 2.75) is 0 Å². The number of carboxylic acids is 2. The zero-order valence-corrected chi connectivity index (χ0v) is 14.4. The summed E-state index contributed by atoms with van der Waals surface area (Å²) in [4.78, 5) is 33.9. The first-order valence-corrected chi connectivity index (χ1v) is 8.15. The molecule has 1 heterocycles. The van der Waals surface area contributed by atoms with E-state index in [1.807, 2.05) is 18.2 Å². The van der Waals surface area contributed by atoms with E-state index in [1.54, 1.807) is 36.4 Å². The van der Waals surface area contributed by atoms with E-state index in [0.717, 1.165) is 12.2 Å². The van der Waals surface area contributed by atoms with Crippen molar-refractivity contribution in [1.29, 1.82) is 0 Å². The highest BCUT2D eigenvalue weighted by molar-refractivity contribution is 6.02. The smallest absolute Gasteiger partial charge is 0.339 e. The Balaban J connectivity index is 1.95. The Labute approximate surface area is 159 Å². The fraction of sp³-hybridized carbons (Fsp3) is 0. The molecular formula is C20H15N3O5. The van der Waals surface area contributed by atoms with Gasteiger partial charge in [-0.15, -0.1) is 0 Å². The third-order valence-corrected chi connectivity index (χ3v) is 3.75. The number of hydrogen-bond donors (Lipinski definition) is 3. The molecule has 8 nitrogen and oxygen atoms in total. The Hall–Kier alpha value is -4.20. The summed E-state index contributed by atoms with van der Waals surface area (Å²) in [5, 5.41) is 25.0. The standard InChI is InChI=1S/C20H15N3O5/c24-17(9-10-18(25)26)21-14-6-4-5-13(11-14)19-16(20(27)28)12-23(22-19)15-7-2-1-3-8-15/h1-12H,(H,21,24)(H,25,26)(H,27,28)/b10-9+. The number of aliphatic carboxylic acids is 1. The summed E-state index contributed by atoms with van der Waals surface area (Å²) in [6.45, 7) is 0. The molecule has 0 saturated heterocycles. The van der Waals surface area contributed by atoms with Crippen LogP contribution >= 0.6 is 0 Å². The van der Waals surface area contributed by atoms with Crippen molar-refractivity contribution in [3.8, 4) is 16.9 Å². The lowest BCUT2D eigenvalue weighted by atomic mass is 10.1. The number of aromatic carboxylic acids is 1. The lowest BCUT2D eigenvalue weighted by Gasteiger charge is -2.05. The molecule has 3 N–H and O–H groups in total.